The van der Waals surface area contributed by atoms with E-state index < -0.39 is 0 Å². The van der Waals surface area contributed by atoms with Gasteiger partial charge in [-0.25, -0.2) is 0 Å². The molecule has 2 bridgehead atoms. The van der Waals surface area contributed by atoms with Gasteiger partial charge < -0.3 is 12.9 Å². The maximum atomic E-state index is 3.76. The molecule has 0 aromatic carbocycles. The third kappa shape index (κ3) is 1.08. The van der Waals surface area contributed by atoms with E-state index in [-0.39, 0.29) is 18.2 Å². The van der Waals surface area contributed by atoms with Gasteiger partial charge in [0.2, 0.25) is 0 Å². The maximum Gasteiger partial charge on any atom is 0.475 e. The molecule has 2 heteroatoms. The fourth-order valence-corrected chi connectivity index (χ4v) is 6.06. The summed E-state index contributed by atoms with van der Waals surface area (Å²) >= 11 is 3.90. The van der Waals surface area contributed by atoms with Gasteiger partial charge in [-0.3, -0.25) is 0 Å². The van der Waals surface area contributed by atoms with Crippen molar-refractivity contribution in [3.63, 3.8) is 0 Å². The highest BCUT2D eigenvalue weighted by atomic mass is 79.9. The normalized spacial score (nSPS) is 47.4. The highest BCUT2D eigenvalue weighted by Gasteiger charge is 2.44. The van der Waals surface area contributed by atoms with Gasteiger partial charge in [-0.15, -0.1) is 3.54 Å². The molecule has 0 heterocycles. The van der Waals surface area contributed by atoms with Gasteiger partial charge in [-0.2, -0.15) is 0 Å². The molecular weight excluding hydrogens is 188 g/mol. The van der Waals surface area contributed by atoms with E-state index in [0.29, 0.717) is 0 Å². The van der Waals surface area contributed by atoms with Crippen LogP contribution in [0, 0.1) is 5.92 Å². The minimum absolute atomic E-state index is 0.138. The number of hydrogen-bond donors (Lipinski definition) is 0. The molecular formula is C7H11BrMg. The molecule has 2 fully saturated rings. The van der Waals surface area contributed by atoms with Crippen LogP contribution in [0.3, 0.4) is 0 Å². The smallest absolute Gasteiger partial charge is 0.306 e. The molecule has 0 amide bonds. The molecule has 0 aromatic heterocycles. The summed E-state index contributed by atoms with van der Waals surface area (Å²) < 4.78 is 0.907. The van der Waals surface area contributed by atoms with Crippen molar-refractivity contribution in [1.82, 2.24) is 0 Å². The van der Waals surface area contributed by atoms with Crippen LogP contribution in [0.2, 0.25) is 3.54 Å². The zero-order valence-corrected chi connectivity index (χ0v) is 8.70. The van der Waals surface area contributed by atoms with E-state index in [1.165, 1.54) is 0 Å². The summed E-state index contributed by atoms with van der Waals surface area (Å²) in [7, 11) is 0. The summed E-state index contributed by atoms with van der Waals surface area (Å²) in [6.45, 7) is 0. The van der Waals surface area contributed by atoms with Crippen LogP contribution in [0.15, 0.2) is 0 Å². The molecule has 0 aliphatic heterocycles. The van der Waals surface area contributed by atoms with Crippen molar-refractivity contribution in [2.24, 2.45) is 5.92 Å². The van der Waals surface area contributed by atoms with Crippen LogP contribution in [0.1, 0.15) is 32.1 Å². The number of hydrogen-bond acceptors (Lipinski definition) is 0. The van der Waals surface area contributed by atoms with Gasteiger partial charge in [-0.05, 0) is 5.92 Å². The van der Waals surface area contributed by atoms with Crippen molar-refractivity contribution < 1.29 is 0 Å². The lowest BCUT2D eigenvalue weighted by Gasteiger charge is -2.22. The Morgan fingerprint density at radius 2 is 2.00 bits per heavy atom. The van der Waals surface area contributed by atoms with Crippen molar-refractivity contribution in [1.29, 1.82) is 0 Å². The molecule has 2 aliphatic rings. The number of fused-ring (bicyclic) bond motifs is 2. The second-order valence-corrected chi connectivity index (χ2v) is 7.23. The summed E-state index contributed by atoms with van der Waals surface area (Å²) in [5.41, 5.74) is 0. The average molecular weight is 199 g/mol. The third-order valence-electron chi connectivity index (χ3n) is 3.17. The first-order chi connectivity index (χ1) is 4.35. The summed E-state index contributed by atoms with van der Waals surface area (Å²) in [5.74, 6) is 1.15. The molecule has 0 nitrogen and oxygen atoms in total. The van der Waals surface area contributed by atoms with Gasteiger partial charge in [-0.1, -0.05) is 32.1 Å². The largest absolute Gasteiger partial charge is 0.475 e. The van der Waals surface area contributed by atoms with E-state index in [4.69, 9.17) is 0 Å². The Hall–Kier alpha value is 1.25. The van der Waals surface area contributed by atoms with Crippen molar-refractivity contribution in [2.75, 3.05) is 0 Å². The standard InChI is InChI=1S/C7H11.BrH.Mg/c1-2-7-4-3-6(1)5-7;;/h6H,1-5H2;1H;/q;;+1/p-1. The van der Waals surface area contributed by atoms with E-state index in [0.717, 1.165) is 9.46 Å². The predicted molar refractivity (Wildman–Crippen MR) is 43.9 cm³/mol. The van der Waals surface area contributed by atoms with Gasteiger partial charge in [0.1, 0.15) is 0 Å². The van der Waals surface area contributed by atoms with Gasteiger partial charge in [0.05, 0.1) is 0 Å². The lowest BCUT2D eigenvalue weighted by Crippen LogP contribution is -2.09. The Morgan fingerprint density at radius 1 is 1.33 bits per heavy atom. The fraction of sp³-hybridized carbons (Fsp3) is 1.00. The van der Waals surface area contributed by atoms with E-state index >= 15 is 0 Å². The molecule has 0 atom stereocenters. The molecule has 0 aromatic rings. The van der Waals surface area contributed by atoms with Crippen molar-refractivity contribution in [3.8, 4) is 0 Å². The Balaban J connectivity index is 2.13. The fourth-order valence-electron chi connectivity index (χ4n) is 2.50. The molecule has 0 N–H and O–H groups in total. The first-order valence-corrected chi connectivity index (χ1v) is 8.51. The van der Waals surface area contributed by atoms with Gasteiger partial charge in [0, 0.05) is 0 Å². The van der Waals surface area contributed by atoms with Crippen molar-refractivity contribution in [2.45, 2.75) is 35.6 Å². The highest BCUT2D eigenvalue weighted by molar-refractivity contribution is 9.23. The van der Waals surface area contributed by atoms with E-state index in [2.05, 4.69) is 12.9 Å². The number of rotatable bonds is 1. The lowest BCUT2D eigenvalue weighted by molar-refractivity contribution is 0.490. The molecule has 2 aliphatic carbocycles. The first-order valence-electron chi connectivity index (χ1n) is 3.91. The quantitative estimate of drug-likeness (QED) is 0.570. The molecule has 0 saturated heterocycles. The Morgan fingerprint density at radius 3 is 2.22 bits per heavy atom. The average Bonchev–Trinajstić information content (AvgIpc) is 2.46. The Bertz CT molecular complexity index is 116. The molecule has 9 heavy (non-hydrogen) atoms. The molecule has 2 rings (SSSR count). The van der Waals surface area contributed by atoms with E-state index in [1.807, 2.05) is 0 Å². The summed E-state index contributed by atoms with van der Waals surface area (Å²) in [5, 5.41) is 0. The minimum Gasteiger partial charge on any atom is -0.306 e. The highest BCUT2D eigenvalue weighted by Crippen LogP contribution is 2.59. The molecule has 2 saturated carbocycles. The number of halogens is 1. The summed E-state index contributed by atoms with van der Waals surface area (Å²) in [6, 6.07) is 0. The van der Waals surface area contributed by atoms with Crippen LogP contribution in [0.25, 0.3) is 0 Å². The monoisotopic (exact) mass is 198 g/mol. The van der Waals surface area contributed by atoms with E-state index in [9.17, 15) is 0 Å². The SMILES string of the molecule is [Br][Mg][C]12CCC(CC1)C2. The van der Waals surface area contributed by atoms with Crippen LogP contribution in [-0.4, -0.2) is 18.2 Å². The first kappa shape index (κ1) is 6.93. The molecule has 0 spiro atoms. The molecule has 48 valence electrons. The Kier molecular flexibility index (Phi) is 1.83. The molecule has 0 unspecified atom stereocenters. The topological polar surface area (TPSA) is 0 Å². The Labute approximate surface area is 72.4 Å². The van der Waals surface area contributed by atoms with Crippen LogP contribution in [0.4, 0.5) is 0 Å². The van der Waals surface area contributed by atoms with Crippen LogP contribution < -0.4 is 0 Å². The zero-order chi connectivity index (χ0) is 6.32. The van der Waals surface area contributed by atoms with Crippen molar-refractivity contribution >= 4 is 31.1 Å². The van der Waals surface area contributed by atoms with E-state index in [1.54, 1.807) is 32.1 Å². The third-order valence-corrected chi connectivity index (χ3v) is 8.30. The van der Waals surface area contributed by atoms with Gasteiger partial charge in [0.15, 0.2) is 0 Å². The summed E-state index contributed by atoms with van der Waals surface area (Å²) in [6.07, 6.45) is 7.83. The van der Waals surface area contributed by atoms with Gasteiger partial charge in [0.25, 0.3) is 0 Å². The second kappa shape index (κ2) is 2.38. The van der Waals surface area contributed by atoms with Crippen molar-refractivity contribution in [3.05, 3.63) is 0 Å². The minimum atomic E-state index is 0.138. The predicted octanol–water partition coefficient (Wildman–Crippen LogP) is 2.75. The van der Waals surface area contributed by atoms with Crippen LogP contribution in [0.5, 0.6) is 0 Å². The van der Waals surface area contributed by atoms with Gasteiger partial charge >= 0.3 is 18.2 Å². The van der Waals surface area contributed by atoms with Crippen LogP contribution in [-0.2, 0) is 0 Å². The van der Waals surface area contributed by atoms with Crippen LogP contribution >= 0.6 is 12.9 Å². The zero-order valence-electron chi connectivity index (χ0n) is 5.70. The summed E-state index contributed by atoms with van der Waals surface area (Å²) in [4.78, 5) is 0. The lowest BCUT2D eigenvalue weighted by atomic mass is 10.00. The maximum absolute atomic E-state index is 3.76. The second-order valence-electron chi connectivity index (χ2n) is 3.78. The molecule has 0 radical (unpaired) electrons.